The summed E-state index contributed by atoms with van der Waals surface area (Å²) in [4.78, 5) is 1.79. The van der Waals surface area contributed by atoms with E-state index < -0.39 is 15.6 Å². The van der Waals surface area contributed by atoms with Gasteiger partial charge in [-0.3, -0.25) is 0 Å². The van der Waals surface area contributed by atoms with E-state index in [1.165, 1.54) is 12.1 Å². The number of sulfone groups is 1. The molecule has 0 amide bonds. The standard InChI is InChI=1S/C13H18F2N2O2S/c1-16-10-3-2-8-17(9-10)11-4-6-12(7-5-11)20(18,19)13(14)15/h4-7,10,13,16H,2-3,8-9H2,1H3. The third-order valence-corrected chi connectivity index (χ3v) is 4.99. The molecule has 4 nitrogen and oxygen atoms in total. The number of nitrogens with zero attached hydrogens (tertiary/aromatic N) is 1. The highest BCUT2D eigenvalue weighted by atomic mass is 32.2. The van der Waals surface area contributed by atoms with E-state index in [0.29, 0.717) is 6.04 Å². The topological polar surface area (TPSA) is 49.4 Å². The van der Waals surface area contributed by atoms with E-state index in [9.17, 15) is 17.2 Å². The number of hydrogen-bond acceptors (Lipinski definition) is 4. The fourth-order valence-electron chi connectivity index (χ4n) is 2.40. The van der Waals surface area contributed by atoms with Gasteiger partial charge in [0.05, 0.1) is 4.90 Å². The molecular weight excluding hydrogens is 286 g/mol. The summed E-state index contributed by atoms with van der Waals surface area (Å²) in [6.45, 7) is 1.72. The molecule has 20 heavy (non-hydrogen) atoms. The molecule has 1 aliphatic rings. The Balaban J connectivity index is 2.16. The normalized spacial score (nSPS) is 20.4. The zero-order valence-electron chi connectivity index (χ0n) is 11.2. The molecule has 1 heterocycles. The quantitative estimate of drug-likeness (QED) is 0.922. The highest BCUT2D eigenvalue weighted by Crippen LogP contribution is 2.24. The van der Waals surface area contributed by atoms with E-state index in [-0.39, 0.29) is 4.90 Å². The summed E-state index contributed by atoms with van der Waals surface area (Å²) >= 11 is 0. The molecule has 7 heteroatoms. The van der Waals surface area contributed by atoms with Gasteiger partial charge in [-0.15, -0.1) is 0 Å². The molecule has 1 saturated heterocycles. The number of halogens is 2. The molecule has 0 radical (unpaired) electrons. The van der Waals surface area contributed by atoms with Crippen molar-refractivity contribution in [2.45, 2.75) is 29.5 Å². The van der Waals surface area contributed by atoms with Crippen molar-refractivity contribution in [2.75, 3.05) is 25.0 Å². The lowest BCUT2D eigenvalue weighted by molar-refractivity contribution is 0.234. The van der Waals surface area contributed by atoms with Gasteiger partial charge in [0, 0.05) is 24.8 Å². The van der Waals surface area contributed by atoms with Crippen molar-refractivity contribution < 1.29 is 17.2 Å². The van der Waals surface area contributed by atoms with E-state index in [2.05, 4.69) is 10.2 Å². The molecule has 1 unspecified atom stereocenters. The van der Waals surface area contributed by atoms with Crippen molar-refractivity contribution in [3.63, 3.8) is 0 Å². The summed E-state index contributed by atoms with van der Waals surface area (Å²) in [5.41, 5.74) is 0.859. The zero-order valence-corrected chi connectivity index (χ0v) is 12.0. The number of anilines is 1. The van der Waals surface area contributed by atoms with Gasteiger partial charge >= 0.3 is 5.76 Å². The van der Waals surface area contributed by atoms with Crippen LogP contribution in [0, 0.1) is 0 Å². The third kappa shape index (κ3) is 3.09. The van der Waals surface area contributed by atoms with Crippen LogP contribution in [0.4, 0.5) is 14.5 Å². The van der Waals surface area contributed by atoms with Crippen LogP contribution in [0.15, 0.2) is 29.2 Å². The molecular formula is C13H18F2N2O2S. The van der Waals surface area contributed by atoms with Crippen LogP contribution in [0.25, 0.3) is 0 Å². The Hall–Kier alpha value is -1.21. The van der Waals surface area contributed by atoms with Crippen molar-refractivity contribution in [3.05, 3.63) is 24.3 Å². The second-order valence-corrected chi connectivity index (χ2v) is 6.79. The second kappa shape index (κ2) is 6.05. The number of piperidine rings is 1. The molecule has 1 N–H and O–H groups in total. The average molecular weight is 304 g/mol. The minimum absolute atomic E-state index is 0.335. The van der Waals surface area contributed by atoms with Gasteiger partial charge in [-0.05, 0) is 44.2 Å². The van der Waals surface area contributed by atoms with Crippen LogP contribution in [-0.2, 0) is 9.84 Å². The minimum Gasteiger partial charge on any atom is -0.370 e. The van der Waals surface area contributed by atoms with Crippen molar-refractivity contribution in [1.29, 1.82) is 0 Å². The molecule has 0 aromatic heterocycles. The summed E-state index contributed by atoms with van der Waals surface area (Å²) in [5, 5.41) is 3.22. The van der Waals surface area contributed by atoms with Crippen LogP contribution in [0.5, 0.6) is 0 Å². The molecule has 1 atom stereocenters. The molecule has 1 fully saturated rings. The molecule has 1 aliphatic heterocycles. The lowest BCUT2D eigenvalue weighted by Gasteiger charge is -2.34. The number of benzene rings is 1. The maximum absolute atomic E-state index is 12.4. The monoisotopic (exact) mass is 304 g/mol. The first kappa shape index (κ1) is 15.2. The number of hydrogen-bond donors (Lipinski definition) is 1. The average Bonchev–Trinajstić information content (AvgIpc) is 2.47. The van der Waals surface area contributed by atoms with Crippen molar-refractivity contribution >= 4 is 15.5 Å². The number of alkyl halides is 2. The third-order valence-electron chi connectivity index (χ3n) is 3.59. The highest BCUT2D eigenvalue weighted by Gasteiger charge is 2.26. The predicted molar refractivity (Wildman–Crippen MR) is 73.9 cm³/mol. The molecule has 0 saturated carbocycles. The van der Waals surface area contributed by atoms with Gasteiger partial charge in [0.2, 0.25) is 9.84 Å². The largest absolute Gasteiger partial charge is 0.370 e. The van der Waals surface area contributed by atoms with Crippen molar-refractivity contribution in [3.8, 4) is 0 Å². The number of likely N-dealkylation sites (N-methyl/N-ethyl adjacent to an activating group) is 1. The smallest absolute Gasteiger partial charge is 0.341 e. The predicted octanol–water partition coefficient (Wildman–Crippen LogP) is 1.87. The van der Waals surface area contributed by atoms with E-state index in [0.717, 1.165) is 31.6 Å². The van der Waals surface area contributed by atoms with Crippen LogP contribution >= 0.6 is 0 Å². The van der Waals surface area contributed by atoms with Gasteiger partial charge in [0.25, 0.3) is 0 Å². The van der Waals surface area contributed by atoms with Gasteiger partial charge in [0.1, 0.15) is 0 Å². The molecule has 1 aromatic carbocycles. The Kier molecular flexibility index (Phi) is 4.59. The lowest BCUT2D eigenvalue weighted by atomic mass is 10.1. The maximum Gasteiger partial charge on any atom is 0.341 e. The maximum atomic E-state index is 12.4. The first-order chi connectivity index (χ1) is 9.45. The highest BCUT2D eigenvalue weighted by molar-refractivity contribution is 7.91. The fraction of sp³-hybridized carbons (Fsp3) is 0.538. The SMILES string of the molecule is CNC1CCCN(c2ccc(S(=O)(=O)C(F)F)cc2)C1. The van der Waals surface area contributed by atoms with E-state index in [1.54, 1.807) is 12.1 Å². The minimum atomic E-state index is -4.50. The zero-order chi connectivity index (χ0) is 14.8. The van der Waals surface area contributed by atoms with Gasteiger partial charge in [0.15, 0.2) is 0 Å². The molecule has 2 rings (SSSR count). The van der Waals surface area contributed by atoms with Gasteiger partial charge in [-0.25, -0.2) is 8.42 Å². The van der Waals surface area contributed by atoms with Crippen LogP contribution in [0.3, 0.4) is 0 Å². The Morgan fingerprint density at radius 1 is 1.30 bits per heavy atom. The van der Waals surface area contributed by atoms with E-state index in [1.807, 2.05) is 7.05 Å². The Morgan fingerprint density at radius 3 is 2.50 bits per heavy atom. The first-order valence-corrected chi connectivity index (χ1v) is 8.04. The van der Waals surface area contributed by atoms with Crippen LogP contribution in [0.2, 0.25) is 0 Å². The van der Waals surface area contributed by atoms with Gasteiger partial charge in [-0.1, -0.05) is 0 Å². The van der Waals surface area contributed by atoms with Crippen LogP contribution < -0.4 is 10.2 Å². The Labute approximate surface area is 117 Å². The Morgan fingerprint density at radius 2 is 1.95 bits per heavy atom. The van der Waals surface area contributed by atoms with Crippen LogP contribution in [0.1, 0.15) is 12.8 Å². The van der Waals surface area contributed by atoms with Crippen molar-refractivity contribution in [1.82, 2.24) is 5.32 Å². The lowest BCUT2D eigenvalue weighted by Crippen LogP contribution is -2.44. The summed E-state index contributed by atoms with van der Waals surface area (Å²) in [6.07, 6.45) is 2.15. The molecule has 0 bridgehead atoms. The summed E-state index contributed by atoms with van der Waals surface area (Å²) in [5.74, 6) is -3.38. The fourth-order valence-corrected chi connectivity index (χ4v) is 3.12. The first-order valence-electron chi connectivity index (χ1n) is 6.49. The second-order valence-electron chi connectivity index (χ2n) is 4.87. The number of nitrogens with one attached hydrogen (secondary N) is 1. The van der Waals surface area contributed by atoms with E-state index >= 15 is 0 Å². The summed E-state index contributed by atoms with van der Waals surface area (Å²) < 4.78 is 47.6. The molecule has 0 aliphatic carbocycles. The van der Waals surface area contributed by atoms with Crippen LogP contribution in [-0.4, -0.2) is 40.4 Å². The molecule has 1 aromatic rings. The summed E-state index contributed by atoms with van der Waals surface area (Å²) in [7, 11) is -2.59. The molecule has 112 valence electrons. The Bertz CT molecular complexity index is 546. The summed E-state index contributed by atoms with van der Waals surface area (Å²) in [6, 6.07) is 6.08. The number of rotatable bonds is 4. The van der Waals surface area contributed by atoms with E-state index in [4.69, 9.17) is 0 Å². The molecule has 0 spiro atoms. The van der Waals surface area contributed by atoms with Crippen molar-refractivity contribution in [2.24, 2.45) is 0 Å². The van der Waals surface area contributed by atoms with Gasteiger partial charge in [-0.2, -0.15) is 8.78 Å². The van der Waals surface area contributed by atoms with Gasteiger partial charge < -0.3 is 10.2 Å².